The minimum Gasteiger partial charge on any atom is -0.496 e. The molecule has 0 fully saturated rings. The Bertz CT molecular complexity index is 363. The second-order valence-corrected chi connectivity index (χ2v) is 4.64. The third-order valence-electron chi connectivity index (χ3n) is 2.69. The third kappa shape index (κ3) is 3.35. The van der Waals surface area contributed by atoms with E-state index in [2.05, 4.69) is 0 Å². The summed E-state index contributed by atoms with van der Waals surface area (Å²) in [5.41, 5.74) is 7.24. The summed E-state index contributed by atoms with van der Waals surface area (Å²) >= 11 is 0. The van der Waals surface area contributed by atoms with Crippen molar-refractivity contribution >= 4 is 0 Å². The topological polar surface area (TPSA) is 64.7 Å². The van der Waals surface area contributed by atoms with E-state index in [0.717, 1.165) is 22.6 Å². The molecule has 1 unspecified atom stereocenters. The first-order chi connectivity index (χ1) is 7.93. The minimum atomic E-state index is -0.685. The van der Waals surface area contributed by atoms with Gasteiger partial charge in [-0.25, -0.2) is 0 Å². The summed E-state index contributed by atoms with van der Waals surface area (Å²) in [6.07, 6.45) is 0.496. The van der Waals surface area contributed by atoms with Crippen molar-refractivity contribution in [2.75, 3.05) is 20.8 Å². The number of hydrogen-bond acceptors (Lipinski definition) is 4. The Hall–Kier alpha value is -1.26. The molecule has 4 nitrogen and oxygen atoms in total. The Balaban J connectivity index is 3.20. The van der Waals surface area contributed by atoms with Crippen LogP contribution in [0.25, 0.3) is 0 Å². The monoisotopic (exact) mass is 239 g/mol. The van der Waals surface area contributed by atoms with Gasteiger partial charge in [0, 0.05) is 11.1 Å². The first-order valence-corrected chi connectivity index (χ1v) is 5.55. The Labute approximate surface area is 102 Å². The number of aliphatic hydroxyl groups is 1. The van der Waals surface area contributed by atoms with Crippen molar-refractivity contribution in [1.29, 1.82) is 0 Å². The van der Waals surface area contributed by atoms with Gasteiger partial charge in [-0.2, -0.15) is 0 Å². The van der Waals surface area contributed by atoms with Gasteiger partial charge in [0.2, 0.25) is 0 Å². The molecule has 0 saturated heterocycles. The molecule has 1 aromatic rings. The summed E-state index contributed by atoms with van der Waals surface area (Å²) in [6, 6.07) is 3.87. The van der Waals surface area contributed by atoms with Gasteiger partial charge in [-0.05, 0) is 38.0 Å². The minimum absolute atomic E-state index is 0.0901. The molecule has 1 rings (SSSR count). The van der Waals surface area contributed by atoms with Crippen LogP contribution in [-0.4, -0.2) is 31.5 Å². The van der Waals surface area contributed by atoms with E-state index in [0.29, 0.717) is 6.42 Å². The Morgan fingerprint density at radius 1 is 1.24 bits per heavy atom. The Morgan fingerprint density at radius 3 is 2.06 bits per heavy atom. The number of aryl methyl sites for hydroxylation is 1. The number of benzene rings is 1. The summed E-state index contributed by atoms with van der Waals surface area (Å²) in [7, 11) is 3.23. The van der Waals surface area contributed by atoms with Crippen molar-refractivity contribution in [3.63, 3.8) is 0 Å². The molecule has 3 N–H and O–H groups in total. The second-order valence-electron chi connectivity index (χ2n) is 4.64. The van der Waals surface area contributed by atoms with Crippen molar-refractivity contribution in [3.05, 3.63) is 23.3 Å². The van der Waals surface area contributed by atoms with Crippen molar-refractivity contribution < 1.29 is 14.6 Å². The first kappa shape index (κ1) is 13.8. The highest BCUT2D eigenvalue weighted by atomic mass is 16.5. The summed E-state index contributed by atoms with van der Waals surface area (Å²) in [5.74, 6) is 1.49. The average molecular weight is 239 g/mol. The predicted octanol–water partition coefficient (Wildman–Crippen LogP) is 1.26. The Morgan fingerprint density at radius 2 is 1.71 bits per heavy atom. The number of hydrogen-bond donors (Lipinski definition) is 2. The molecule has 0 radical (unpaired) electrons. The maximum atomic E-state index is 9.23. The van der Waals surface area contributed by atoms with E-state index < -0.39 is 5.54 Å². The molecule has 0 aromatic heterocycles. The number of nitrogens with two attached hydrogens (primary N) is 1. The molecule has 0 bridgehead atoms. The smallest absolute Gasteiger partial charge is 0.126 e. The zero-order valence-electron chi connectivity index (χ0n) is 10.9. The van der Waals surface area contributed by atoms with Crippen molar-refractivity contribution in [2.24, 2.45) is 5.73 Å². The number of rotatable bonds is 5. The van der Waals surface area contributed by atoms with Crippen LogP contribution in [0, 0.1) is 6.92 Å². The molecule has 96 valence electrons. The molecule has 0 heterocycles. The summed E-state index contributed by atoms with van der Waals surface area (Å²) in [5, 5.41) is 9.23. The van der Waals surface area contributed by atoms with Crippen LogP contribution in [0.1, 0.15) is 18.1 Å². The molecular formula is C13H21NO3. The van der Waals surface area contributed by atoms with Crippen molar-refractivity contribution in [2.45, 2.75) is 25.8 Å². The average Bonchev–Trinajstić information content (AvgIpc) is 2.30. The van der Waals surface area contributed by atoms with E-state index in [1.165, 1.54) is 0 Å². The molecule has 1 aromatic carbocycles. The molecule has 1 atom stereocenters. The number of aliphatic hydroxyl groups excluding tert-OH is 1. The number of methoxy groups -OCH3 is 2. The summed E-state index contributed by atoms with van der Waals surface area (Å²) in [6.45, 7) is 3.68. The van der Waals surface area contributed by atoms with Crippen LogP contribution < -0.4 is 15.2 Å². The Kier molecular flexibility index (Phi) is 4.37. The van der Waals surface area contributed by atoms with Gasteiger partial charge in [0.25, 0.3) is 0 Å². The van der Waals surface area contributed by atoms with E-state index >= 15 is 0 Å². The van der Waals surface area contributed by atoms with Gasteiger partial charge in [-0.15, -0.1) is 0 Å². The maximum Gasteiger partial charge on any atom is 0.126 e. The third-order valence-corrected chi connectivity index (χ3v) is 2.69. The molecular weight excluding hydrogens is 218 g/mol. The van der Waals surface area contributed by atoms with E-state index in [1.807, 2.05) is 19.1 Å². The molecule has 0 saturated carbocycles. The maximum absolute atomic E-state index is 9.23. The molecule has 0 spiro atoms. The fourth-order valence-electron chi connectivity index (χ4n) is 1.75. The quantitative estimate of drug-likeness (QED) is 0.812. The normalized spacial score (nSPS) is 14.2. The van der Waals surface area contributed by atoms with Gasteiger partial charge in [-0.3, -0.25) is 0 Å². The summed E-state index contributed by atoms with van der Waals surface area (Å²) in [4.78, 5) is 0. The zero-order chi connectivity index (χ0) is 13.1. The highest BCUT2D eigenvalue weighted by Crippen LogP contribution is 2.32. The SMILES string of the molecule is COc1cc(C)cc(OC)c1CC(C)(N)CO. The molecule has 17 heavy (non-hydrogen) atoms. The first-order valence-electron chi connectivity index (χ1n) is 5.55. The number of ether oxygens (including phenoxy) is 2. The van der Waals surface area contributed by atoms with Gasteiger partial charge in [-0.1, -0.05) is 0 Å². The van der Waals surface area contributed by atoms with Crippen LogP contribution >= 0.6 is 0 Å². The fourth-order valence-corrected chi connectivity index (χ4v) is 1.75. The van der Waals surface area contributed by atoms with Crippen LogP contribution in [0.4, 0.5) is 0 Å². The standard InChI is InChI=1S/C13H21NO3/c1-9-5-11(16-3)10(12(6-9)17-4)7-13(2,14)8-15/h5-6,15H,7-8,14H2,1-4H3. The van der Waals surface area contributed by atoms with Crippen LogP contribution in [0.15, 0.2) is 12.1 Å². The molecule has 0 amide bonds. The van der Waals surface area contributed by atoms with Crippen molar-refractivity contribution in [3.8, 4) is 11.5 Å². The van der Waals surface area contributed by atoms with Gasteiger partial charge < -0.3 is 20.3 Å². The predicted molar refractivity (Wildman–Crippen MR) is 67.7 cm³/mol. The lowest BCUT2D eigenvalue weighted by atomic mass is 9.93. The molecule has 0 aliphatic carbocycles. The lowest BCUT2D eigenvalue weighted by molar-refractivity contribution is 0.206. The van der Waals surface area contributed by atoms with Gasteiger partial charge >= 0.3 is 0 Å². The highest BCUT2D eigenvalue weighted by Gasteiger charge is 2.23. The molecule has 0 aliphatic rings. The lowest BCUT2D eigenvalue weighted by Gasteiger charge is -2.24. The molecule has 0 aliphatic heterocycles. The van der Waals surface area contributed by atoms with Crippen molar-refractivity contribution in [1.82, 2.24) is 0 Å². The van der Waals surface area contributed by atoms with Crippen LogP contribution in [-0.2, 0) is 6.42 Å². The van der Waals surface area contributed by atoms with E-state index in [1.54, 1.807) is 21.1 Å². The highest BCUT2D eigenvalue weighted by molar-refractivity contribution is 5.48. The lowest BCUT2D eigenvalue weighted by Crippen LogP contribution is -2.42. The van der Waals surface area contributed by atoms with Gasteiger partial charge in [0.15, 0.2) is 0 Å². The van der Waals surface area contributed by atoms with Crippen LogP contribution in [0.2, 0.25) is 0 Å². The van der Waals surface area contributed by atoms with E-state index in [4.69, 9.17) is 15.2 Å². The van der Waals surface area contributed by atoms with Crippen LogP contribution in [0.5, 0.6) is 11.5 Å². The van der Waals surface area contributed by atoms with Crippen LogP contribution in [0.3, 0.4) is 0 Å². The zero-order valence-corrected chi connectivity index (χ0v) is 10.9. The van der Waals surface area contributed by atoms with E-state index in [9.17, 15) is 5.11 Å². The second kappa shape index (κ2) is 5.38. The van der Waals surface area contributed by atoms with E-state index in [-0.39, 0.29) is 6.61 Å². The summed E-state index contributed by atoms with van der Waals surface area (Å²) < 4.78 is 10.7. The fraction of sp³-hybridized carbons (Fsp3) is 0.538. The largest absolute Gasteiger partial charge is 0.496 e. The van der Waals surface area contributed by atoms with Gasteiger partial charge in [0.1, 0.15) is 11.5 Å². The molecule has 4 heteroatoms. The van der Waals surface area contributed by atoms with Gasteiger partial charge in [0.05, 0.1) is 20.8 Å².